The number of aryl methyl sites for hydroxylation is 2. The number of carboxylic acid groups (broad SMARTS) is 1. The molecule has 0 fully saturated rings. The molecule has 1 heterocycles. The fraction of sp³-hybridized carbons (Fsp3) is 0.286. The summed E-state index contributed by atoms with van der Waals surface area (Å²) in [7, 11) is 0. The number of rotatable bonds is 5. The van der Waals surface area contributed by atoms with E-state index in [1.807, 2.05) is 51.3 Å². The average Bonchev–Trinajstić information content (AvgIpc) is 2.85. The average molecular weight is 365 g/mol. The number of aromatic carboxylic acids is 1. The van der Waals surface area contributed by atoms with Crippen LogP contribution >= 0.6 is 0 Å². The van der Waals surface area contributed by atoms with E-state index in [1.165, 1.54) is 0 Å². The summed E-state index contributed by atoms with van der Waals surface area (Å²) in [5, 5.41) is 21.2. The van der Waals surface area contributed by atoms with Crippen molar-refractivity contribution in [3.8, 4) is 11.8 Å². The molecule has 27 heavy (non-hydrogen) atoms. The second-order valence-electron chi connectivity index (χ2n) is 6.77. The van der Waals surface area contributed by atoms with Gasteiger partial charge in [-0.05, 0) is 76.1 Å². The molecule has 1 amide bonds. The zero-order valence-electron chi connectivity index (χ0n) is 16.1. The molecule has 0 spiro atoms. The normalized spacial score (nSPS) is 11.4. The van der Waals surface area contributed by atoms with Crippen LogP contribution in [-0.4, -0.2) is 27.6 Å². The number of carboxylic acids is 1. The first kappa shape index (κ1) is 20.0. The zero-order chi connectivity index (χ0) is 20.3. The maximum Gasteiger partial charge on any atom is 0.335 e. The van der Waals surface area contributed by atoms with E-state index >= 15 is 0 Å². The van der Waals surface area contributed by atoms with Gasteiger partial charge in [0.05, 0.1) is 5.56 Å². The van der Waals surface area contributed by atoms with Crippen LogP contribution in [0, 0.1) is 32.1 Å². The molecule has 1 aromatic carbocycles. The number of hydrogen-bond acceptors (Lipinski definition) is 3. The van der Waals surface area contributed by atoms with Gasteiger partial charge in [0.1, 0.15) is 11.6 Å². The molecule has 2 aromatic rings. The monoisotopic (exact) mass is 365 g/mol. The predicted octanol–water partition coefficient (Wildman–Crippen LogP) is 3.53. The lowest BCUT2D eigenvalue weighted by Crippen LogP contribution is -2.30. The van der Waals surface area contributed by atoms with Crippen molar-refractivity contribution in [2.75, 3.05) is 0 Å². The number of nitrogens with zero attached hydrogens (tertiary/aromatic N) is 2. The van der Waals surface area contributed by atoms with Gasteiger partial charge in [0.2, 0.25) is 0 Å². The summed E-state index contributed by atoms with van der Waals surface area (Å²) in [5.41, 5.74) is 4.52. The van der Waals surface area contributed by atoms with E-state index in [2.05, 4.69) is 5.32 Å². The smallest absolute Gasteiger partial charge is 0.335 e. The number of nitriles is 1. The van der Waals surface area contributed by atoms with E-state index in [0.717, 1.165) is 28.2 Å². The maximum absolute atomic E-state index is 12.2. The molecule has 0 saturated carbocycles. The number of carbonyl (C=O) groups is 2. The van der Waals surface area contributed by atoms with Gasteiger partial charge < -0.3 is 15.0 Å². The van der Waals surface area contributed by atoms with Gasteiger partial charge in [-0.3, -0.25) is 4.79 Å². The van der Waals surface area contributed by atoms with Crippen LogP contribution in [0.25, 0.3) is 11.8 Å². The van der Waals surface area contributed by atoms with Gasteiger partial charge in [-0.25, -0.2) is 4.79 Å². The van der Waals surface area contributed by atoms with E-state index in [1.54, 1.807) is 24.3 Å². The Balaban J connectivity index is 2.51. The highest BCUT2D eigenvalue weighted by molar-refractivity contribution is 6.02. The van der Waals surface area contributed by atoms with Gasteiger partial charge in [0, 0.05) is 23.1 Å². The number of aromatic nitrogens is 1. The number of amides is 1. The minimum absolute atomic E-state index is 0.0434. The third-order valence-corrected chi connectivity index (χ3v) is 4.24. The first-order chi connectivity index (χ1) is 12.6. The largest absolute Gasteiger partial charge is 0.478 e. The number of carbonyl (C=O) groups excluding carboxylic acids is 1. The molecule has 0 unspecified atom stereocenters. The lowest BCUT2D eigenvalue weighted by Gasteiger charge is -2.13. The van der Waals surface area contributed by atoms with Crippen LogP contribution in [0.3, 0.4) is 0 Å². The maximum atomic E-state index is 12.2. The molecule has 6 heteroatoms. The molecule has 1 aromatic heterocycles. The van der Waals surface area contributed by atoms with Crippen molar-refractivity contribution < 1.29 is 14.7 Å². The minimum atomic E-state index is -0.968. The number of hydrogen-bond donors (Lipinski definition) is 2. The van der Waals surface area contributed by atoms with Crippen molar-refractivity contribution in [3.63, 3.8) is 0 Å². The van der Waals surface area contributed by atoms with Crippen LogP contribution in [0.1, 0.15) is 46.7 Å². The van der Waals surface area contributed by atoms with Crippen LogP contribution in [-0.2, 0) is 4.79 Å². The second-order valence-corrected chi connectivity index (χ2v) is 6.77. The molecule has 2 N–H and O–H groups in total. The Morgan fingerprint density at radius 2 is 1.89 bits per heavy atom. The molecular formula is C21H23N3O3. The quantitative estimate of drug-likeness (QED) is 0.626. The molecule has 0 radical (unpaired) electrons. The first-order valence-electron chi connectivity index (χ1n) is 8.61. The second kappa shape index (κ2) is 7.92. The van der Waals surface area contributed by atoms with Gasteiger partial charge >= 0.3 is 5.97 Å². The minimum Gasteiger partial charge on any atom is -0.478 e. The fourth-order valence-corrected chi connectivity index (χ4v) is 2.99. The zero-order valence-corrected chi connectivity index (χ0v) is 16.1. The lowest BCUT2D eigenvalue weighted by molar-refractivity contribution is -0.117. The van der Waals surface area contributed by atoms with E-state index in [9.17, 15) is 14.9 Å². The van der Waals surface area contributed by atoms with Crippen molar-refractivity contribution in [1.29, 1.82) is 5.26 Å². The molecule has 0 aliphatic carbocycles. The third-order valence-electron chi connectivity index (χ3n) is 4.24. The van der Waals surface area contributed by atoms with Crippen molar-refractivity contribution in [3.05, 3.63) is 57.9 Å². The predicted molar refractivity (Wildman–Crippen MR) is 104 cm³/mol. The fourth-order valence-electron chi connectivity index (χ4n) is 2.99. The summed E-state index contributed by atoms with van der Waals surface area (Å²) < 4.78 is 1.99. The van der Waals surface area contributed by atoms with Crippen molar-refractivity contribution in [2.45, 2.75) is 40.7 Å². The third kappa shape index (κ3) is 4.26. The molecule has 0 bridgehead atoms. The van der Waals surface area contributed by atoms with Crippen LogP contribution in [0.2, 0.25) is 0 Å². The summed E-state index contributed by atoms with van der Waals surface area (Å²) in [6, 6.07) is 8.76. The lowest BCUT2D eigenvalue weighted by atomic mass is 10.1. The Hall–Kier alpha value is -3.33. The van der Waals surface area contributed by atoms with Crippen molar-refractivity contribution >= 4 is 18.0 Å². The highest BCUT2D eigenvalue weighted by Gasteiger charge is 2.16. The molecule has 140 valence electrons. The summed E-state index contributed by atoms with van der Waals surface area (Å²) >= 11 is 0. The standard InChI is InChI=1S/C21H23N3O3/c1-12(2)23-20(25)18(11-22)10-17-9-14(4)24(15(17)5)19-7-6-16(21(26)27)8-13(19)3/h6-10,12H,1-5H3,(H,23,25)(H,26,27). The van der Waals surface area contributed by atoms with Crippen molar-refractivity contribution in [2.24, 2.45) is 0 Å². The molecule has 0 atom stereocenters. The van der Waals surface area contributed by atoms with E-state index in [0.29, 0.717) is 0 Å². The summed E-state index contributed by atoms with van der Waals surface area (Å²) in [5.74, 6) is -1.37. The number of benzene rings is 1. The van der Waals surface area contributed by atoms with Crippen LogP contribution < -0.4 is 5.32 Å². The molecule has 0 aliphatic heterocycles. The first-order valence-corrected chi connectivity index (χ1v) is 8.61. The van der Waals surface area contributed by atoms with E-state index < -0.39 is 11.9 Å². The van der Waals surface area contributed by atoms with Crippen LogP contribution in [0.15, 0.2) is 29.8 Å². The van der Waals surface area contributed by atoms with Gasteiger partial charge in [-0.2, -0.15) is 5.26 Å². The molecule has 2 rings (SSSR count). The Kier molecular flexibility index (Phi) is 5.86. The van der Waals surface area contributed by atoms with Gasteiger partial charge in [0.25, 0.3) is 5.91 Å². The highest BCUT2D eigenvalue weighted by atomic mass is 16.4. The SMILES string of the molecule is Cc1cc(C(=O)O)ccc1-n1c(C)cc(C=C(C#N)C(=O)NC(C)C)c1C. The van der Waals surface area contributed by atoms with E-state index in [4.69, 9.17) is 5.11 Å². The van der Waals surface area contributed by atoms with Crippen LogP contribution in [0.5, 0.6) is 0 Å². The molecule has 0 aliphatic rings. The Labute approximate surface area is 158 Å². The van der Waals surface area contributed by atoms with Crippen LogP contribution in [0.4, 0.5) is 0 Å². The van der Waals surface area contributed by atoms with Gasteiger partial charge in [-0.15, -0.1) is 0 Å². The van der Waals surface area contributed by atoms with Crippen molar-refractivity contribution in [1.82, 2.24) is 9.88 Å². The Morgan fingerprint density at radius 3 is 2.41 bits per heavy atom. The van der Waals surface area contributed by atoms with E-state index in [-0.39, 0.29) is 17.2 Å². The molecule has 0 saturated heterocycles. The summed E-state index contributed by atoms with van der Waals surface area (Å²) in [6.45, 7) is 9.35. The summed E-state index contributed by atoms with van der Waals surface area (Å²) in [6.07, 6.45) is 1.58. The van der Waals surface area contributed by atoms with Gasteiger partial charge in [0.15, 0.2) is 0 Å². The Morgan fingerprint density at radius 1 is 1.22 bits per heavy atom. The topological polar surface area (TPSA) is 95.1 Å². The Bertz CT molecular complexity index is 975. The molecular weight excluding hydrogens is 342 g/mol. The summed E-state index contributed by atoms with van der Waals surface area (Å²) in [4.78, 5) is 23.3. The molecule has 6 nitrogen and oxygen atoms in total. The van der Waals surface area contributed by atoms with Gasteiger partial charge in [-0.1, -0.05) is 0 Å². The highest BCUT2D eigenvalue weighted by Crippen LogP contribution is 2.25. The number of nitrogens with one attached hydrogen (secondary N) is 1.